The van der Waals surface area contributed by atoms with Gasteiger partial charge in [0.2, 0.25) is 5.13 Å². The molecule has 1 aliphatic heterocycles. The predicted octanol–water partition coefficient (Wildman–Crippen LogP) is 3.69. The first kappa shape index (κ1) is 21.3. The first-order chi connectivity index (χ1) is 14.2. The van der Waals surface area contributed by atoms with Gasteiger partial charge in [-0.3, -0.25) is 15.1 Å². The van der Waals surface area contributed by atoms with Gasteiger partial charge in [-0.15, -0.1) is 11.3 Å². The highest BCUT2D eigenvalue weighted by atomic mass is 32.1. The molecule has 3 rings (SSSR count). The molecule has 8 heteroatoms. The Balaban J connectivity index is 1.59. The van der Waals surface area contributed by atoms with Crippen molar-refractivity contribution in [3.8, 4) is 5.75 Å². The Morgan fingerprint density at radius 2 is 2.17 bits per heavy atom. The van der Waals surface area contributed by atoms with Crippen molar-refractivity contribution in [2.24, 2.45) is 5.10 Å². The van der Waals surface area contributed by atoms with Crippen LogP contribution < -0.4 is 10.2 Å². The maximum Gasteiger partial charge on any atom is 0.311 e. The van der Waals surface area contributed by atoms with Gasteiger partial charge in [-0.2, -0.15) is 5.10 Å². The molecule has 1 aliphatic rings. The first-order valence-electron chi connectivity index (χ1n) is 9.96. The zero-order valence-electron chi connectivity index (χ0n) is 17.0. The van der Waals surface area contributed by atoms with E-state index in [1.807, 2.05) is 17.5 Å². The van der Waals surface area contributed by atoms with Crippen molar-refractivity contribution < 1.29 is 14.3 Å². The van der Waals surface area contributed by atoms with Gasteiger partial charge < -0.3 is 9.47 Å². The highest BCUT2D eigenvalue weighted by Gasteiger charge is 2.13. The first-order valence-corrected chi connectivity index (χ1v) is 10.8. The minimum Gasteiger partial charge on any atom is -0.496 e. The van der Waals surface area contributed by atoms with Gasteiger partial charge in [0.1, 0.15) is 5.75 Å². The average Bonchev–Trinajstić information content (AvgIpc) is 3.16. The number of anilines is 1. The third-order valence-corrected chi connectivity index (χ3v) is 5.50. The molecule has 1 aromatic carbocycles. The summed E-state index contributed by atoms with van der Waals surface area (Å²) in [4.78, 5) is 18.4. The SMILES string of the molecule is CCOC(=O)Cc1csc(NN=Cc2ccc(OC)c(CN3CCCCC3)c2)n1. The number of carbonyl (C=O) groups excluding carboxylic acids is 1. The van der Waals surface area contributed by atoms with E-state index in [4.69, 9.17) is 9.47 Å². The fourth-order valence-corrected chi connectivity index (χ4v) is 3.98. The van der Waals surface area contributed by atoms with Crippen molar-refractivity contribution in [2.75, 3.05) is 32.2 Å². The van der Waals surface area contributed by atoms with Gasteiger partial charge >= 0.3 is 5.97 Å². The Hall–Kier alpha value is -2.45. The number of benzene rings is 1. The summed E-state index contributed by atoms with van der Waals surface area (Å²) < 4.78 is 10.5. The summed E-state index contributed by atoms with van der Waals surface area (Å²) in [5.41, 5.74) is 5.78. The van der Waals surface area contributed by atoms with Crippen molar-refractivity contribution >= 4 is 28.7 Å². The van der Waals surface area contributed by atoms with Crippen LogP contribution in [0.2, 0.25) is 0 Å². The third kappa shape index (κ3) is 6.54. The highest BCUT2D eigenvalue weighted by molar-refractivity contribution is 7.13. The number of aromatic nitrogens is 1. The molecule has 1 fully saturated rings. The number of hydrazone groups is 1. The van der Waals surface area contributed by atoms with Gasteiger partial charge in [-0.1, -0.05) is 6.42 Å². The zero-order valence-corrected chi connectivity index (χ0v) is 17.8. The van der Waals surface area contributed by atoms with E-state index in [0.717, 1.165) is 30.9 Å². The molecular formula is C21H28N4O3S. The number of hydrogen-bond acceptors (Lipinski definition) is 8. The number of rotatable bonds is 9. The van der Waals surface area contributed by atoms with Gasteiger partial charge in [0.05, 0.1) is 32.0 Å². The van der Waals surface area contributed by atoms with Crippen LogP contribution in [0.15, 0.2) is 28.7 Å². The van der Waals surface area contributed by atoms with Crippen LogP contribution in [0.3, 0.4) is 0 Å². The van der Waals surface area contributed by atoms with E-state index < -0.39 is 0 Å². The van der Waals surface area contributed by atoms with Crippen LogP contribution >= 0.6 is 11.3 Å². The number of esters is 1. The van der Waals surface area contributed by atoms with Gasteiger partial charge in [0.25, 0.3) is 0 Å². The molecule has 0 spiro atoms. The van der Waals surface area contributed by atoms with Crippen LogP contribution in [0.4, 0.5) is 5.13 Å². The van der Waals surface area contributed by atoms with E-state index in [0.29, 0.717) is 17.4 Å². The fourth-order valence-electron chi connectivity index (χ4n) is 3.32. The number of methoxy groups -OCH3 is 1. The highest BCUT2D eigenvalue weighted by Crippen LogP contribution is 2.23. The van der Waals surface area contributed by atoms with E-state index in [2.05, 4.69) is 26.5 Å². The molecule has 0 atom stereocenters. The number of piperidine rings is 1. The normalized spacial score (nSPS) is 14.8. The molecule has 0 aliphatic carbocycles. The number of nitrogens with zero attached hydrogens (tertiary/aromatic N) is 3. The Morgan fingerprint density at radius 1 is 1.34 bits per heavy atom. The van der Waals surface area contributed by atoms with Crippen LogP contribution in [-0.4, -0.2) is 48.9 Å². The number of ether oxygens (including phenoxy) is 2. The topological polar surface area (TPSA) is 76.1 Å². The molecule has 29 heavy (non-hydrogen) atoms. The summed E-state index contributed by atoms with van der Waals surface area (Å²) in [6, 6.07) is 6.09. The Bertz CT molecular complexity index is 831. The summed E-state index contributed by atoms with van der Waals surface area (Å²) in [6.45, 7) is 5.34. The van der Waals surface area contributed by atoms with Crippen LogP contribution in [0.5, 0.6) is 5.75 Å². The van der Waals surface area contributed by atoms with Crippen molar-refractivity contribution in [3.63, 3.8) is 0 Å². The number of carbonyl (C=O) groups is 1. The number of nitrogens with one attached hydrogen (secondary N) is 1. The summed E-state index contributed by atoms with van der Waals surface area (Å²) in [5.74, 6) is 0.636. The number of likely N-dealkylation sites (tertiary alicyclic amines) is 1. The lowest BCUT2D eigenvalue weighted by atomic mass is 10.1. The molecule has 0 radical (unpaired) electrons. The zero-order chi connectivity index (χ0) is 20.5. The average molecular weight is 417 g/mol. The molecule has 1 aromatic heterocycles. The second kappa shape index (κ2) is 10.9. The smallest absolute Gasteiger partial charge is 0.311 e. The van der Waals surface area contributed by atoms with E-state index >= 15 is 0 Å². The van der Waals surface area contributed by atoms with E-state index in [9.17, 15) is 4.79 Å². The third-order valence-electron chi connectivity index (χ3n) is 4.70. The molecule has 0 amide bonds. The number of hydrogen-bond donors (Lipinski definition) is 1. The van der Waals surface area contributed by atoms with E-state index in [1.54, 1.807) is 20.2 Å². The lowest BCUT2D eigenvalue weighted by Crippen LogP contribution is -2.29. The van der Waals surface area contributed by atoms with Crippen molar-refractivity contribution in [1.29, 1.82) is 0 Å². The molecule has 1 saturated heterocycles. The quantitative estimate of drug-likeness (QED) is 0.382. The molecular weight excluding hydrogens is 388 g/mol. The molecule has 7 nitrogen and oxygen atoms in total. The van der Waals surface area contributed by atoms with Crippen LogP contribution in [0.1, 0.15) is 43.0 Å². The molecule has 1 N–H and O–H groups in total. The van der Waals surface area contributed by atoms with Gasteiger partial charge in [-0.25, -0.2) is 4.98 Å². The van der Waals surface area contributed by atoms with Crippen LogP contribution in [0.25, 0.3) is 0 Å². The largest absolute Gasteiger partial charge is 0.496 e. The van der Waals surface area contributed by atoms with E-state index in [-0.39, 0.29) is 12.4 Å². The molecule has 2 heterocycles. The lowest BCUT2D eigenvalue weighted by Gasteiger charge is -2.27. The minimum atomic E-state index is -0.271. The second-order valence-corrected chi connectivity index (χ2v) is 7.76. The fraction of sp³-hybridized carbons (Fsp3) is 0.476. The monoisotopic (exact) mass is 416 g/mol. The van der Waals surface area contributed by atoms with Crippen molar-refractivity contribution in [2.45, 2.75) is 39.2 Å². The summed E-state index contributed by atoms with van der Waals surface area (Å²) >= 11 is 1.41. The van der Waals surface area contributed by atoms with Crippen molar-refractivity contribution in [3.05, 3.63) is 40.4 Å². The maximum atomic E-state index is 11.5. The molecule has 2 aromatic rings. The van der Waals surface area contributed by atoms with E-state index in [1.165, 1.54) is 36.2 Å². The van der Waals surface area contributed by atoms with Gasteiger partial charge in [0, 0.05) is 17.5 Å². The summed E-state index contributed by atoms with van der Waals surface area (Å²) in [7, 11) is 1.71. The van der Waals surface area contributed by atoms with Gasteiger partial charge in [-0.05, 0) is 56.6 Å². The van der Waals surface area contributed by atoms with Crippen LogP contribution in [0, 0.1) is 0 Å². The molecule has 0 unspecified atom stereocenters. The standard InChI is InChI=1S/C21H28N4O3S/c1-3-28-20(26)12-18-15-29-21(23-18)24-22-13-16-7-8-19(27-2)17(11-16)14-25-9-5-4-6-10-25/h7-8,11,13,15H,3-6,9-10,12,14H2,1-2H3,(H,23,24). The van der Waals surface area contributed by atoms with Gasteiger partial charge in [0.15, 0.2) is 0 Å². The maximum absolute atomic E-state index is 11.5. The Kier molecular flexibility index (Phi) is 8.01. The molecule has 0 saturated carbocycles. The van der Waals surface area contributed by atoms with Crippen molar-refractivity contribution in [1.82, 2.24) is 9.88 Å². The van der Waals surface area contributed by atoms with Crippen LogP contribution in [-0.2, 0) is 22.5 Å². The molecule has 0 bridgehead atoms. The second-order valence-electron chi connectivity index (χ2n) is 6.90. The Labute approximate surface area is 175 Å². The summed E-state index contributed by atoms with van der Waals surface area (Å²) in [6.07, 6.45) is 5.79. The lowest BCUT2D eigenvalue weighted by molar-refractivity contribution is -0.142. The molecule has 156 valence electrons. The number of thiazole rings is 1. The predicted molar refractivity (Wildman–Crippen MR) is 116 cm³/mol. The Morgan fingerprint density at radius 3 is 2.93 bits per heavy atom. The minimum absolute atomic E-state index is 0.175. The summed E-state index contributed by atoms with van der Waals surface area (Å²) in [5, 5.41) is 6.76.